The molecule has 1 aromatic rings. The van der Waals surface area contributed by atoms with Crippen molar-refractivity contribution in [3.8, 4) is 0 Å². The molecule has 1 saturated heterocycles. The summed E-state index contributed by atoms with van der Waals surface area (Å²) >= 11 is 0. The summed E-state index contributed by atoms with van der Waals surface area (Å²) in [6.45, 7) is 9.00. The van der Waals surface area contributed by atoms with Crippen molar-refractivity contribution in [3.05, 3.63) is 35.9 Å². The van der Waals surface area contributed by atoms with Gasteiger partial charge in [-0.15, -0.1) is 0 Å². The molecule has 0 aliphatic carbocycles. The van der Waals surface area contributed by atoms with Crippen LogP contribution in [0.4, 0.5) is 0 Å². The van der Waals surface area contributed by atoms with E-state index in [1.807, 2.05) is 0 Å². The lowest BCUT2D eigenvalue weighted by Gasteiger charge is -2.29. The van der Waals surface area contributed by atoms with Crippen LogP contribution in [-0.4, -0.2) is 205 Å². The number of nitrogens with two attached hydrogens (primary N) is 5. The third-order valence-electron chi connectivity index (χ3n) is 14.3. The fraction of sp³-hybridized carbons (Fsp3) is 0.696. The molecule has 1 heterocycles. The van der Waals surface area contributed by atoms with Crippen LogP contribution in [-0.2, 0) is 69.6 Å². The number of aliphatic hydroxyl groups is 2. The molecule has 33 nitrogen and oxygen atoms in total. The Hall–Kier alpha value is -7.02. The molecule has 2 rings (SSSR count). The lowest BCUT2D eigenvalue weighted by molar-refractivity contribution is -0.137. The van der Waals surface area contributed by atoms with Crippen LogP contribution < -0.4 is 87.2 Å². The number of unbranched alkanes of at least 4 members (excludes halogenated alkanes) is 1. The summed E-state index contributed by atoms with van der Waals surface area (Å²) in [5, 5.41) is 49.7. The van der Waals surface area contributed by atoms with Crippen LogP contribution >= 0.6 is 0 Å². The highest BCUT2D eigenvalue weighted by Crippen LogP contribution is 2.14. The standard InChI is InChI=1S/C56H98N16O13.H2O4S/c1-7-32(4)13-11-12-16-44(75)63-36(17-23-57)51(80)72-46(34(6)74)56(85)68-39(20-26-60)48(77)67-41-22-28-62-55(84)45(33(5)73)71-52(81)40(21-27-61)65-47(76)37(18-24-58)66-53(82)42(29-31(2)3)69-54(83)43(30-35-14-9-8-10-15-35)70-49(78)38(19-25-59)64-50(41)79;1-5(2,3)4/h8-10,14-15,31-34,36-43,45-46,73-74H,7,11-13,16-30,57-61H2,1-6H3,(H,62,84)(H,63,75)(H,64,79)(H,65,76)(H,66,82)(H,67,77)(H,68,85)(H,69,83)(H,70,78)(H,71,81)(H,72,80);(H2,1,2,3,4)/t32-,33-,34-,36+,37+,38+,39+,40+,41-,42+,43+,45+,46+;/m1./s1. The third kappa shape index (κ3) is 32.1. The first-order chi connectivity index (χ1) is 42.3. The highest BCUT2D eigenvalue weighted by molar-refractivity contribution is 7.79. The van der Waals surface area contributed by atoms with E-state index in [2.05, 4.69) is 72.3 Å². The molecule has 1 aliphatic rings. The van der Waals surface area contributed by atoms with E-state index in [1.54, 1.807) is 44.2 Å². The highest BCUT2D eigenvalue weighted by atomic mass is 32.3. The van der Waals surface area contributed by atoms with Gasteiger partial charge in [-0.3, -0.25) is 61.8 Å². The van der Waals surface area contributed by atoms with Crippen molar-refractivity contribution in [1.82, 2.24) is 58.5 Å². The molecule has 90 heavy (non-hydrogen) atoms. The predicted octanol–water partition coefficient (Wildman–Crippen LogP) is -5.90. The molecule has 0 aromatic heterocycles. The Kier molecular flexibility index (Phi) is 38.6. The Labute approximate surface area is 525 Å². The first-order valence-corrected chi connectivity index (χ1v) is 31.6. The minimum atomic E-state index is -4.67. The van der Waals surface area contributed by atoms with Crippen LogP contribution in [0.3, 0.4) is 0 Å². The van der Waals surface area contributed by atoms with E-state index < -0.39 is 161 Å². The first-order valence-electron chi connectivity index (χ1n) is 30.2. The highest BCUT2D eigenvalue weighted by Gasteiger charge is 2.37. The van der Waals surface area contributed by atoms with Crippen LogP contribution in [0.5, 0.6) is 0 Å². The van der Waals surface area contributed by atoms with Crippen molar-refractivity contribution >= 4 is 75.4 Å². The monoisotopic (exact) mass is 1300 g/mol. The number of aliphatic hydroxyl groups excluding tert-OH is 2. The molecule has 0 bridgehead atoms. The average molecular weight is 1300 g/mol. The summed E-state index contributed by atoms with van der Waals surface area (Å²) in [4.78, 5) is 154. The Morgan fingerprint density at radius 3 is 1.52 bits per heavy atom. The minimum absolute atomic E-state index is 0.0173. The molecule has 0 saturated carbocycles. The molecule has 1 aromatic carbocycles. The molecule has 13 atom stereocenters. The van der Waals surface area contributed by atoms with Gasteiger partial charge in [0.2, 0.25) is 65.0 Å². The Morgan fingerprint density at radius 1 is 0.578 bits per heavy atom. The summed E-state index contributed by atoms with van der Waals surface area (Å²) in [6, 6.07) is -6.23. The van der Waals surface area contributed by atoms with Gasteiger partial charge in [-0.1, -0.05) is 77.3 Å². The van der Waals surface area contributed by atoms with Crippen LogP contribution in [0.25, 0.3) is 0 Å². The van der Waals surface area contributed by atoms with E-state index in [9.17, 15) is 63.0 Å². The van der Waals surface area contributed by atoms with Crippen molar-refractivity contribution < 1.29 is 80.5 Å². The zero-order chi connectivity index (χ0) is 68.3. The molecule has 1 aliphatic heterocycles. The Morgan fingerprint density at radius 2 is 1.04 bits per heavy atom. The van der Waals surface area contributed by atoms with E-state index in [0.29, 0.717) is 17.9 Å². The van der Waals surface area contributed by atoms with Gasteiger partial charge in [-0.25, -0.2) is 0 Å². The SMILES string of the molecule is CC[C@@H](C)CCCCC(=O)N[C@@H](CCN)C(=O)N[C@H](C(=O)N[C@@H](CCN)C(=O)N[C@@H]1CCNC(=O)[C@H]([C@@H](C)O)NC(=O)[C@H](CCN)NC(=O)[C@H](CCN)NC(=O)[C@H](CC(C)C)NC(=O)[C@H](Cc2ccccc2)NC(=O)[C@H](CCN)NC1=O)[C@@H](C)O.O=S(=O)(O)O. The lowest BCUT2D eigenvalue weighted by atomic mass is 10.00. The van der Waals surface area contributed by atoms with Gasteiger partial charge in [0.1, 0.15) is 60.4 Å². The number of carbonyl (C=O) groups is 11. The topological polar surface area (TPSA) is 565 Å². The van der Waals surface area contributed by atoms with Crippen LogP contribution in [0, 0.1) is 11.8 Å². The molecule has 512 valence electrons. The summed E-state index contributed by atoms with van der Waals surface area (Å²) in [7, 11) is -4.67. The second-order valence-electron chi connectivity index (χ2n) is 22.5. The van der Waals surface area contributed by atoms with Crippen molar-refractivity contribution in [1.29, 1.82) is 0 Å². The normalized spacial score (nSPS) is 22.3. The minimum Gasteiger partial charge on any atom is -0.391 e. The van der Waals surface area contributed by atoms with Gasteiger partial charge < -0.3 is 97.4 Å². The number of benzene rings is 1. The number of hydrogen-bond donors (Lipinski definition) is 20. The molecule has 25 N–H and O–H groups in total. The van der Waals surface area contributed by atoms with Crippen molar-refractivity contribution in [2.45, 2.75) is 198 Å². The molecule has 11 amide bonds. The number of carbonyl (C=O) groups excluding carboxylic acids is 11. The van der Waals surface area contributed by atoms with Gasteiger partial charge in [-0.05, 0) is 115 Å². The molecule has 34 heteroatoms. The van der Waals surface area contributed by atoms with E-state index >= 15 is 0 Å². The zero-order valence-electron chi connectivity index (χ0n) is 52.3. The van der Waals surface area contributed by atoms with Crippen LogP contribution in [0.15, 0.2) is 30.3 Å². The summed E-state index contributed by atoms with van der Waals surface area (Å²) in [5.74, 6) is -9.45. The van der Waals surface area contributed by atoms with Gasteiger partial charge in [0.05, 0.1) is 12.2 Å². The number of nitrogens with one attached hydrogen (secondary N) is 11. The smallest absolute Gasteiger partial charge is 0.391 e. The van der Waals surface area contributed by atoms with Crippen molar-refractivity contribution in [2.24, 2.45) is 40.5 Å². The van der Waals surface area contributed by atoms with Gasteiger partial charge in [0.25, 0.3) is 0 Å². The van der Waals surface area contributed by atoms with Crippen LogP contribution in [0.2, 0.25) is 0 Å². The number of amides is 11. The summed E-state index contributed by atoms with van der Waals surface area (Å²) < 4.78 is 31.6. The van der Waals surface area contributed by atoms with Gasteiger partial charge in [0, 0.05) is 19.4 Å². The van der Waals surface area contributed by atoms with Crippen molar-refractivity contribution in [2.75, 3.05) is 39.3 Å². The number of hydrogen-bond acceptors (Lipinski definition) is 20. The van der Waals surface area contributed by atoms with Crippen LogP contribution in [0.1, 0.15) is 124 Å². The van der Waals surface area contributed by atoms with Crippen molar-refractivity contribution in [3.63, 3.8) is 0 Å². The largest absolute Gasteiger partial charge is 0.394 e. The second kappa shape index (κ2) is 42.9. The fourth-order valence-electron chi connectivity index (χ4n) is 9.12. The van der Waals surface area contributed by atoms with Gasteiger partial charge in [0.15, 0.2) is 0 Å². The fourth-order valence-corrected chi connectivity index (χ4v) is 9.12. The summed E-state index contributed by atoms with van der Waals surface area (Å²) in [6.07, 6.45) is -1.05. The molecule has 0 unspecified atom stereocenters. The van der Waals surface area contributed by atoms with E-state index in [-0.39, 0.29) is 90.0 Å². The average Bonchev–Trinajstić information content (AvgIpc) is 1.33. The molecular weight excluding hydrogens is 1200 g/mol. The lowest BCUT2D eigenvalue weighted by Crippen LogP contribution is -2.62. The third-order valence-corrected chi connectivity index (χ3v) is 14.3. The Balaban J connectivity index is 0.00000776. The quantitative estimate of drug-likeness (QED) is 0.0262. The first kappa shape index (κ1) is 81.0. The maximum Gasteiger partial charge on any atom is 0.394 e. The maximum absolute atomic E-state index is 14.5. The van der Waals surface area contributed by atoms with E-state index in [0.717, 1.165) is 19.3 Å². The molecule has 0 spiro atoms. The predicted molar refractivity (Wildman–Crippen MR) is 330 cm³/mol. The molecular formula is C56H100N16O17S. The van der Waals surface area contributed by atoms with Gasteiger partial charge in [-0.2, -0.15) is 8.42 Å². The number of rotatable bonds is 29. The maximum atomic E-state index is 14.5. The molecule has 1 fully saturated rings. The second-order valence-corrected chi connectivity index (χ2v) is 23.4. The Bertz CT molecular complexity index is 2560. The zero-order valence-corrected chi connectivity index (χ0v) is 53.1. The molecule has 0 radical (unpaired) electrons. The van der Waals surface area contributed by atoms with E-state index in [1.165, 1.54) is 13.8 Å². The summed E-state index contributed by atoms with van der Waals surface area (Å²) in [5.41, 5.74) is 29.9. The van der Waals surface area contributed by atoms with Gasteiger partial charge >= 0.3 is 10.4 Å². The van der Waals surface area contributed by atoms with E-state index in [4.69, 9.17) is 46.2 Å².